The van der Waals surface area contributed by atoms with Crippen molar-refractivity contribution < 1.29 is 23.5 Å². The highest BCUT2D eigenvalue weighted by molar-refractivity contribution is 5.97. The number of carbonyl (C=O) groups excluding carboxylic acids is 3. The summed E-state index contributed by atoms with van der Waals surface area (Å²) in [6.45, 7) is 0.537. The zero-order valence-corrected chi connectivity index (χ0v) is 22.2. The third-order valence-corrected chi connectivity index (χ3v) is 7.44. The Hall–Kier alpha value is -4.44. The number of rotatable bonds is 9. The van der Waals surface area contributed by atoms with Crippen molar-refractivity contribution in [3.05, 3.63) is 95.7 Å². The van der Waals surface area contributed by atoms with Crippen LogP contribution < -0.4 is 11.1 Å². The lowest BCUT2D eigenvalue weighted by molar-refractivity contribution is -0.133. The normalized spacial score (nSPS) is 18.0. The summed E-state index contributed by atoms with van der Waals surface area (Å²) in [4.78, 5) is 44.3. The second kappa shape index (κ2) is 11.7. The van der Waals surface area contributed by atoms with E-state index in [1.807, 2.05) is 24.3 Å². The highest BCUT2D eigenvalue weighted by atomic mass is 19.1. The number of ether oxygens (including phenoxy) is 1. The van der Waals surface area contributed by atoms with Crippen LogP contribution in [0.5, 0.6) is 0 Å². The standard InChI is InChI=1S/C30H32FN5O4/c1-35-13-4-7-26(35)30(39)36-14-12-22(40-18-19-8-10-21(31)11-9-19)16-27(36)29(38)34-25(28(32)37)15-20-17-33-24-6-3-2-5-23(20)24/h2-11,13,17,22,25,27,33H,12,14-16,18H2,1H3,(H2,32,37)(H,34,38). The van der Waals surface area contributed by atoms with Crippen LogP contribution in [-0.2, 0) is 34.4 Å². The summed E-state index contributed by atoms with van der Waals surface area (Å²) in [7, 11) is 1.77. The van der Waals surface area contributed by atoms with Crippen molar-refractivity contribution in [3.63, 3.8) is 0 Å². The summed E-state index contributed by atoms with van der Waals surface area (Å²) in [5, 5.41) is 3.75. The van der Waals surface area contributed by atoms with Crippen molar-refractivity contribution in [3.8, 4) is 0 Å². The molecule has 5 rings (SSSR count). The number of primary amides is 1. The first-order chi connectivity index (χ1) is 19.3. The van der Waals surface area contributed by atoms with Crippen LogP contribution >= 0.6 is 0 Å². The van der Waals surface area contributed by atoms with Crippen LogP contribution in [0.2, 0.25) is 0 Å². The molecule has 3 unspecified atom stereocenters. The molecule has 0 saturated carbocycles. The largest absolute Gasteiger partial charge is 0.373 e. The molecule has 1 aliphatic heterocycles. The number of benzene rings is 2. The maximum atomic E-state index is 13.7. The fourth-order valence-corrected chi connectivity index (χ4v) is 5.21. The number of piperidine rings is 1. The zero-order valence-electron chi connectivity index (χ0n) is 22.2. The van der Waals surface area contributed by atoms with Crippen LogP contribution in [-0.4, -0.2) is 56.9 Å². The van der Waals surface area contributed by atoms with Gasteiger partial charge in [-0.1, -0.05) is 30.3 Å². The molecule has 0 spiro atoms. The van der Waals surface area contributed by atoms with E-state index in [1.165, 1.54) is 17.0 Å². The molecular formula is C30H32FN5O4. The van der Waals surface area contributed by atoms with Crippen LogP contribution in [0, 0.1) is 5.82 Å². The van der Waals surface area contributed by atoms with Crippen molar-refractivity contribution in [2.45, 2.75) is 44.1 Å². The smallest absolute Gasteiger partial charge is 0.271 e. The summed E-state index contributed by atoms with van der Waals surface area (Å²) in [5.41, 5.74) is 8.74. The molecule has 3 atom stereocenters. The predicted octanol–water partition coefficient (Wildman–Crippen LogP) is 3.05. The van der Waals surface area contributed by atoms with Gasteiger partial charge in [-0.25, -0.2) is 4.39 Å². The molecule has 0 radical (unpaired) electrons. The number of hydrogen-bond acceptors (Lipinski definition) is 4. The average Bonchev–Trinajstić information content (AvgIpc) is 3.57. The van der Waals surface area contributed by atoms with Gasteiger partial charge in [-0.2, -0.15) is 0 Å². The summed E-state index contributed by atoms with van der Waals surface area (Å²) in [6, 6.07) is 15.3. The van der Waals surface area contributed by atoms with Gasteiger partial charge in [-0.05, 0) is 47.9 Å². The molecule has 3 amide bonds. The number of nitrogens with two attached hydrogens (primary N) is 1. The van der Waals surface area contributed by atoms with Gasteiger partial charge in [-0.3, -0.25) is 14.4 Å². The van der Waals surface area contributed by atoms with Crippen LogP contribution in [0.3, 0.4) is 0 Å². The van der Waals surface area contributed by atoms with E-state index in [1.54, 1.807) is 48.3 Å². The minimum atomic E-state index is -0.973. The van der Waals surface area contributed by atoms with E-state index in [2.05, 4.69) is 10.3 Å². The lowest BCUT2D eigenvalue weighted by Crippen LogP contribution is -2.58. The van der Waals surface area contributed by atoms with Crippen LogP contribution in [0.15, 0.2) is 73.1 Å². The number of para-hydroxylation sites is 1. The van der Waals surface area contributed by atoms with E-state index in [4.69, 9.17) is 10.5 Å². The van der Waals surface area contributed by atoms with Gasteiger partial charge in [0, 0.05) is 49.7 Å². The molecule has 9 nitrogen and oxygen atoms in total. The molecule has 4 N–H and O–H groups in total. The van der Waals surface area contributed by atoms with Crippen molar-refractivity contribution in [1.29, 1.82) is 0 Å². The van der Waals surface area contributed by atoms with E-state index in [-0.39, 0.29) is 37.3 Å². The van der Waals surface area contributed by atoms with E-state index < -0.39 is 23.9 Å². The molecule has 1 aliphatic rings. The molecule has 2 aromatic heterocycles. The van der Waals surface area contributed by atoms with E-state index in [0.717, 1.165) is 22.0 Å². The Bertz CT molecular complexity index is 1510. The molecular weight excluding hydrogens is 513 g/mol. The lowest BCUT2D eigenvalue weighted by Gasteiger charge is -2.39. The molecule has 40 heavy (non-hydrogen) atoms. The fourth-order valence-electron chi connectivity index (χ4n) is 5.21. The van der Waals surface area contributed by atoms with Crippen LogP contribution in [0.25, 0.3) is 10.9 Å². The quantitative estimate of drug-likeness (QED) is 0.299. The highest BCUT2D eigenvalue weighted by Crippen LogP contribution is 2.25. The van der Waals surface area contributed by atoms with E-state index in [9.17, 15) is 18.8 Å². The number of nitrogens with one attached hydrogen (secondary N) is 2. The first-order valence-electron chi connectivity index (χ1n) is 13.2. The average molecular weight is 546 g/mol. The van der Waals surface area contributed by atoms with Gasteiger partial charge >= 0.3 is 0 Å². The van der Waals surface area contributed by atoms with Crippen molar-refractivity contribution in [2.24, 2.45) is 12.8 Å². The highest BCUT2D eigenvalue weighted by Gasteiger charge is 2.39. The van der Waals surface area contributed by atoms with Gasteiger partial charge in [0.05, 0.1) is 12.7 Å². The number of fused-ring (bicyclic) bond motifs is 1. The molecule has 4 aromatic rings. The van der Waals surface area contributed by atoms with Crippen molar-refractivity contribution in [2.75, 3.05) is 6.54 Å². The Morgan fingerprint density at radius 2 is 1.90 bits per heavy atom. The minimum Gasteiger partial charge on any atom is -0.373 e. The zero-order chi connectivity index (χ0) is 28.2. The fraction of sp³-hybridized carbons (Fsp3) is 0.300. The Morgan fingerprint density at radius 3 is 2.62 bits per heavy atom. The Morgan fingerprint density at radius 1 is 1.12 bits per heavy atom. The Kier molecular flexibility index (Phi) is 7.97. The maximum absolute atomic E-state index is 13.7. The Balaban J connectivity index is 1.34. The maximum Gasteiger partial charge on any atom is 0.271 e. The third kappa shape index (κ3) is 5.91. The van der Waals surface area contributed by atoms with Gasteiger partial charge in [0.1, 0.15) is 23.6 Å². The number of aromatic amines is 1. The molecule has 208 valence electrons. The molecule has 2 aromatic carbocycles. The third-order valence-electron chi connectivity index (χ3n) is 7.44. The van der Waals surface area contributed by atoms with E-state index in [0.29, 0.717) is 18.7 Å². The first-order valence-corrected chi connectivity index (χ1v) is 13.2. The second-order valence-electron chi connectivity index (χ2n) is 10.1. The van der Waals surface area contributed by atoms with Gasteiger partial charge in [0.2, 0.25) is 11.8 Å². The molecule has 1 saturated heterocycles. The molecule has 1 fully saturated rings. The van der Waals surface area contributed by atoms with Gasteiger partial charge in [-0.15, -0.1) is 0 Å². The van der Waals surface area contributed by atoms with Gasteiger partial charge < -0.3 is 30.2 Å². The number of likely N-dealkylation sites (tertiary alicyclic amines) is 1. The summed E-state index contributed by atoms with van der Waals surface area (Å²) < 4.78 is 21.1. The number of aryl methyl sites for hydroxylation is 1. The predicted molar refractivity (Wildman–Crippen MR) is 148 cm³/mol. The van der Waals surface area contributed by atoms with Gasteiger partial charge in [0.25, 0.3) is 5.91 Å². The monoisotopic (exact) mass is 545 g/mol. The summed E-state index contributed by atoms with van der Waals surface area (Å²) in [5.74, 6) is -1.75. The number of halogens is 1. The van der Waals surface area contributed by atoms with Crippen LogP contribution in [0.4, 0.5) is 4.39 Å². The molecule has 0 bridgehead atoms. The van der Waals surface area contributed by atoms with Crippen LogP contribution in [0.1, 0.15) is 34.5 Å². The number of H-pyrrole nitrogens is 1. The topological polar surface area (TPSA) is 122 Å². The molecule has 10 heteroatoms. The number of aromatic nitrogens is 2. The van der Waals surface area contributed by atoms with Crippen molar-refractivity contribution in [1.82, 2.24) is 19.8 Å². The first kappa shape index (κ1) is 27.1. The van der Waals surface area contributed by atoms with Gasteiger partial charge in [0.15, 0.2) is 0 Å². The minimum absolute atomic E-state index is 0.202. The second-order valence-corrected chi connectivity index (χ2v) is 10.1. The molecule has 3 heterocycles. The SMILES string of the molecule is Cn1cccc1C(=O)N1CCC(OCc2ccc(F)cc2)CC1C(=O)NC(Cc1c[nH]c2ccccc12)C(N)=O. The van der Waals surface area contributed by atoms with Crippen molar-refractivity contribution >= 4 is 28.6 Å². The number of hydrogen-bond donors (Lipinski definition) is 3. The number of carbonyl (C=O) groups is 3. The summed E-state index contributed by atoms with van der Waals surface area (Å²) >= 11 is 0. The number of nitrogens with zero attached hydrogens (tertiary/aromatic N) is 2. The summed E-state index contributed by atoms with van der Waals surface area (Å²) in [6.07, 6.45) is 4.22. The molecule has 0 aliphatic carbocycles. The van der Waals surface area contributed by atoms with E-state index >= 15 is 0 Å². The Labute approximate surface area is 231 Å². The number of amides is 3. The lowest BCUT2D eigenvalue weighted by atomic mass is 9.96.